The maximum atomic E-state index is 11.1. The van der Waals surface area contributed by atoms with Crippen molar-refractivity contribution in [2.75, 3.05) is 23.1 Å². The molecule has 3 N–H and O–H groups in total. The van der Waals surface area contributed by atoms with Crippen molar-refractivity contribution in [2.45, 2.75) is 32.9 Å². The average Bonchev–Trinajstić information content (AvgIpc) is 2.21. The van der Waals surface area contributed by atoms with Gasteiger partial charge in [-0.25, -0.2) is 0 Å². The Labute approximate surface area is 111 Å². The van der Waals surface area contributed by atoms with E-state index in [4.69, 9.17) is 10.5 Å². The van der Waals surface area contributed by atoms with E-state index in [0.29, 0.717) is 17.2 Å². The van der Waals surface area contributed by atoms with Crippen LogP contribution in [-0.2, 0) is 10.8 Å². The first kappa shape index (κ1) is 14.8. The van der Waals surface area contributed by atoms with Crippen LogP contribution in [0.4, 0.5) is 11.4 Å². The van der Waals surface area contributed by atoms with Crippen molar-refractivity contribution < 1.29 is 8.95 Å². The summed E-state index contributed by atoms with van der Waals surface area (Å²) in [4.78, 5) is 0. The van der Waals surface area contributed by atoms with E-state index in [1.54, 1.807) is 6.26 Å². The summed E-state index contributed by atoms with van der Waals surface area (Å²) in [6, 6.07) is 5.74. The van der Waals surface area contributed by atoms with E-state index in [1.807, 2.05) is 39.0 Å². The van der Waals surface area contributed by atoms with Crippen LogP contribution in [0.15, 0.2) is 18.2 Å². The maximum absolute atomic E-state index is 11.1. The van der Waals surface area contributed by atoms with E-state index < -0.39 is 10.8 Å². The number of ether oxygens (including phenoxy) is 1. The van der Waals surface area contributed by atoms with Gasteiger partial charge in [-0.05, 0) is 32.9 Å². The molecule has 0 aliphatic rings. The van der Waals surface area contributed by atoms with Crippen LogP contribution in [0.25, 0.3) is 0 Å². The first-order valence-corrected chi connectivity index (χ1v) is 7.74. The van der Waals surface area contributed by atoms with Crippen molar-refractivity contribution in [3.8, 4) is 5.75 Å². The first-order valence-electron chi connectivity index (χ1n) is 6.01. The van der Waals surface area contributed by atoms with E-state index in [1.165, 1.54) is 0 Å². The van der Waals surface area contributed by atoms with E-state index >= 15 is 0 Å². The molecule has 5 heteroatoms. The molecule has 0 saturated carbocycles. The van der Waals surface area contributed by atoms with Crippen molar-refractivity contribution in [1.29, 1.82) is 0 Å². The first-order chi connectivity index (χ1) is 8.38. The molecule has 18 heavy (non-hydrogen) atoms. The summed E-state index contributed by atoms with van der Waals surface area (Å²) in [5.74, 6) is 1.30. The minimum absolute atomic E-state index is 0.0862. The molecule has 0 aliphatic heterocycles. The van der Waals surface area contributed by atoms with Crippen LogP contribution >= 0.6 is 0 Å². The van der Waals surface area contributed by atoms with Gasteiger partial charge < -0.3 is 15.8 Å². The molecule has 0 saturated heterocycles. The summed E-state index contributed by atoms with van der Waals surface area (Å²) >= 11 is 0. The molecule has 0 heterocycles. The van der Waals surface area contributed by atoms with Gasteiger partial charge >= 0.3 is 0 Å². The lowest BCUT2D eigenvalue weighted by Gasteiger charge is -2.17. The molecule has 0 fully saturated rings. The summed E-state index contributed by atoms with van der Waals surface area (Å²) in [5.41, 5.74) is 7.40. The molecule has 0 spiro atoms. The normalized spacial score (nSPS) is 14.3. The minimum atomic E-state index is -0.807. The summed E-state index contributed by atoms with van der Waals surface area (Å²) in [6.45, 7) is 5.92. The number of nitrogens with two attached hydrogens (primary N) is 1. The van der Waals surface area contributed by atoms with Crippen LogP contribution in [-0.4, -0.2) is 28.4 Å². The number of nitrogens with one attached hydrogen (secondary N) is 1. The molecular formula is C13H22N2O2S. The zero-order valence-corrected chi connectivity index (χ0v) is 12.2. The molecule has 1 aromatic carbocycles. The predicted molar refractivity (Wildman–Crippen MR) is 78.6 cm³/mol. The highest BCUT2D eigenvalue weighted by molar-refractivity contribution is 7.84. The fourth-order valence-electron chi connectivity index (χ4n) is 1.66. The van der Waals surface area contributed by atoms with E-state index in [-0.39, 0.29) is 12.1 Å². The van der Waals surface area contributed by atoms with Gasteiger partial charge in [0, 0.05) is 40.6 Å². The lowest BCUT2D eigenvalue weighted by atomic mass is 10.2. The molecule has 4 nitrogen and oxygen atoms in total. The highest BCUT2D eigenvalue weighted by atomic mass is 32.2. The second-order valence-corrected chi connectivity index (χ2v) is 6.18. The second-order valence-electron chi connectivity index (χ2n) is 4.70. The summed E-state index contributed by atoms with van der Waals surface area (Å²) in [6.07, 6.45) is 1.79. The molecule has 1 rings (SSSR count). The Morgan fingerprint density at radius 2 is 2.06 bits per heavy atom. The van der Waals surface area contributed by atoms with Gasteiger partial charge in [-0.2, -0.15) is 0 Å². The number of benzene rings is 1. The molecular weight excluding hydrogens is 248 g/mol. The lowest BCUT2D eigenvalue weighted by Crippen LogP contribution is -2.22. The highest BCUT2D eigenvalue weighted by Gasteiger charge is 2.08. The lowest BCUT2D eigenvalue weighted by molar-refractivity contribution is 0.244. The van der Waals surface area contributed by atoms with Gasteiger partial charge in [0.15, 0.2) is 0 Å². The fourth-order valence-corrected chi connectivity index (χ4v) is 2.45. The van der Waals surface area contributed by atoms with Gasteiger partial charge in [0.25, 0.3) is 0 Å². The largest absolute Gasteiger partial charge is 0.489 e. The zero-order chi connectivity index (χ0) is 13.7. The van der Waals surface area contributed by atoms with Gasteiger partial charge in [0.2, 0.25) is 0 Å². The van der Waals surface area contributed by atoms with E-state index in [9.17, 15) is 4.21 Å². The van der Waals surface area contributed by atoms with Crippen LogP contribution in [0.1, 0.15) is 20.8 Å². The molecule has 2 unspecified atom stereocenters. The van der Waals surface area contributed by atoms with Crippen molar-refractivity contribution in [2.24, 2.45) is 0 Å². The van der Waals surface area contributed by atoms with Gasteiger partial charge in [-0.1, -0.05) is 0 Å². The van der Waals surface area contributed by atoms with Crippen LogP contribution in [0.5, 0.6) is 5.75 Å². The average molecular weight is 270 g/mol. The number of nitrogen functional groups attached to an aromatic ring is 1. The van der Waals surface area contributed by atoms with Crippen molar-refractivity contribution in [3.63, 3.8) is 0 Å². The van der Waals surface area contributed by atoms with Gasteiger partial charge in [-0.3, -0.25) is 4.21 Å². The Bertz CT molecular complexity index is 421. The quantitative estimate of drug-likeness (QED) is 0.778. The summed E-state index contributed by atoms with van der Waals surface area (Å²) in [5, 5.41) is 3.29. The molecule has 0 bridgehead atoms. The molecule has 102 valence electrons. The smallest absolute Gasteiger partial charge is 0.144 e. The standard InChI is InChI=1S/C13H22N2O2S/c1-9(2)17-13-7-11(5-6-12(13)14)15-10(3)8-18(4)16/h5-7,9-10,15H,8,14H2,1-4H3. The highest BCUT2D eigenvalue weighted by Crippen LogP contribution is 2.26. The molecule has 0 amide bonds. The van der Waals surface area contributed by atoms with Crippen molar-refractivity contribution in [1.82, 2.24) is 0 Å². The van der Waals surface area contributed by atoms with Crippen LogP contribution in [0.3, 0.4) is 0 Å². The third kappa shape index (κ3) is 4.96. The van der Waals surface area contributed by atoms with Gasteiger partial charge in [0.05, 0.1) is 11.8 Å². The Balaban J connectivity index is 2.75. The van der Waals surface area contributed by atoms with Crippen molar-refractivity contribution >= 4 is 22.2 Å². The van der Waals surface area contributed by atoms with E-state index in [0.717, 1.165) is 5.69 Å². The number of hydrogen-bond acceptors (Lipinski definition) is 4. The van der Waals surface area contributed by atoms with Gasteiger partial charge in [-0.15, -0.1) is 0 Å². The van der Waals surface area contributed by atoms with Crippen LogP contribution in [0, 0.1) is 0 Å². The third-order valence-electron chi connectivity index (χ3n) is 2.27. The van der Waals surface area contributed by atoms with E-state index in [2.05, 4.69) is 5.32 Å². The fraction of sp³-hybridized carbons (Fsp3) is 0.538. The third-order valence-corrected chi connectivity index (χ3v) is 3.24. The predicted octanol–water partition coefficient (Wildman–Crippen LogP) is 2.23. The molecule has 2 atom stereocenters. The molecule has 1 aromatic rings. The Hall–Kier alpha value is -1.23. The van der Waals surface area contributed by atoms with Crippen LogP contribution < -0.4 is 15.8 Å². The summed E-state index contributed by atoms with van der Waals surface area (Å²) in [7, 11) is -0.807. The second kappa shape index (κ2) is 6.64. The van der Waals surface area contributed by atoms with Crippen molar-refractivity contribution in [3.05, 3.63) is 18.2 Å². The molecule has 0 aromatic heterocycles. The Kier molecular flexibility index (Phi) is 5.47. The Morgan fingerprint density at radius 1 is 1.39 bits per heavy atom. The maximum Gasteiger partial charge on any atom is 0.144 e. The number of anilines is 2. The summed E-state index contributed by atoms with van der Waals surface area (Å²) < 4.78 is 16.8. The zero-order valence-electron chi connectivity index (χ0n) is 11.4. The van der Waals surface area contributed by atoms with Crippen LogP contribution in [0.2, 0.25) is 0 Å². The minimum Gasteiger partial charge on any atom is -0.489 e. The number of hydrogen-bond donors (Lipinski definition) is 2. The monoisotopic (exact) mass is 270 g/mol. The SMILES string of the molecule is CC(CS(C)=O)Nc1ccc(N)c(OC(C)C)c1. The topological polar surface area (TPSA) is 64.4 Å². The molecule has 0 aliphatic carbocycles. The molecule has 0 radical (unpaired) electrons. The number of rotatable bonds is 6. The Morgan fingerprint density at radius 3 is 2.61 bits per heavy atom. The van der Waals surface area contributed by atoms with Gasteiger partial charge in [0.1, 0.15) is 5.75 Å².